The number of rotatable bonds is 6. The monoisotopic (exact) mass is 689 g/mol. The van der Waals surface area contributed by atoms with E-state index in [2.05, 4.69) is 0 Å². The Labute approximate surface area is 274 Å². The molecule has 0 aliphatic heterocycles. The van der Waals surface area contributed by atoms with Gasteiger partial charge in [0.25, 0.3) is 0 Å². The van der Waals surface area contributed by atoms with E-state index in [0.29, 0.717) is 28.7 Å². The molecule has 0 N–H and O–H groups in total. The molecule has 0 amide bonds. The van der Waals surface area contributed by atoms with Crippen LogP contribution in [-0.2, 0) is 12.9 Å². The second-order valence-electron chi connectivity index (χ2n) is 14.7. The van der Waals surface area contributed by atoms with Crippen molar-refractivity contribution in [1.29, 1.82) is 0 Å². The summed E-state index contributed by atoms with van der Waals surface area (Å²) in [6, 6.07) is 0. The van der Waals surface area contributed by atoms with Gasteiger partial charge in [-0.15, -0.1) is 0 Å². The first-order chi connectivity index (χ1) is 20.3. The van der Waals surface area contributed by atoms with Gasteiger partial charge in [0.1, 0.15) is 0 Å². The van der Waals surface area contributed by atoms with Crippen LogP contribution in [0.5, 0.6) is 0 Å². The van der Waals surface area contributed by atoms with E-state index >= 15 is 0 Å². The molecule has 0 nitrogen and oxygen atoms in total. The molecule has 6 aliphatic carbocycles. The molecule has 0 aromatic rings. The van der Waals surface area contributed by atoms with Gasteiger partial charge >= 0.3 is 33.2 Å². The van der Waals surface area contributed by atoms with Crippen molar-refractivity contribution in [2.75, 3.05) is 0 Å². The van der Waals surface area contributed by atoms with Crippen molar-refractivity contribution in [3.63, 3.8) is 0 Å². The van der Waals surface area contributed by atoms with Gasteiger partial charge in [0, 0.05) is 0 Å². The Morgan fingerprint density at radius 3 is 0.512 bits per heavy atom. The van der Waals surface area contributed by atoms with Crippen molar-refractivity contribution >= 4 is 36.1 Å². The van der Waals surface area contributed by atoms with Crippen LogP contribution in [0.1, 0.15) is 193 Å². The van der Waals surface area contributed by atoms with E-state index in [1.165, 1.54) is 72.5 Å². The zero-order chi connectivity index (χ0) is 28.5. The molecular formula is C36H66Cl2CoP2. The van der Waals surface area contributed by atoms with Crippen LogP contribution in [0.4, 0.5) is 0 Å². The molecule has 0 atom stereocenters. The maximum atomic E-state index is 4.73. The molecule has 0 aromatic heterocycles. The fourth-order valence-corrected chi connectivity index (χ4v) is 19.4. The molecule has 243 valence electrons. The third kappa shape index (κ3) is 12.2. The molecule has 0 saturated heterocycles. The van der Waals surface area contributed by atoms with Crippen LogP contribution in [0.25, 0.3) is 0 Å². The van der Waals surface area contributed by atoms with Crippen LogP contribution >= 0.6 is 36.1 Å². The molecule has 41 heavy (non-hydrogen) atoms. The van der Waals surface area contributed by atoms with E-state index < -0.39 is 0 Å². The molecule has 0 radical (unpaired) electrons. The third-order valence-electron chi connectivity index (χ3n) is 12.0. The van der Waals surface area contributed by atoms with E-state index in [1.54, 1.807) is 154 Å². The Bertz CT molecular complexity index is 490. The standard InChI is InChI=1S/2C18H33P.2ClH.Co/c2*1-4-10-16(11-5-1)19(17-12-6-2-7-13-17)18-14-8-3-9-15-18;;;/h2*16-18H,1-15H2;2*1H;/q;;;;+2/p-2. The van der Waals surface area contributed by atoms with E-state index in [1.807, 2.05) is 0 Å². The van der Waals surface area contributed by atoms with E-state index in [0.717, 1.165) is 0 Å². The van der Waals surface area contributed by atoms with Crippen molar-refractivity contribution in [2.24, 2.45) is 0 Å². The van der Waals surface area contributed by atoms with Gasteiger partial charge in [0.2, 0.25) is 0 Å². The summed E-state index contributed by atoms with van der Waals surface area (Å²) >= 11 is 0.382. The van der Waals surface area contributed by atoms with Gasteiger partial charge < -0.3 is 0 Å². The predicted molar refractivity (Wildman–Crippen MR) is 187 cm³/mol. The molecule has 0 aromatic carbocycles. The summed E-state index contributed by atoms with van der Waals surface area (Å²) in [5.74, 6) is 0. The molecule has 0 spiro atoms. The number of hydrogen-bond acceptors (Lipinski definition) is 0. The summed E-state index contributed by atoms with van der Waals surface area (Å²) in [5, 5.41) is 0. The molecule has 6 aliphatic rings. The molecule has 6 saturated carbocycles. The second kappa shape index (κ2) is 21.7. The summed E-state index contributed by atoms with van der Waals surface area (Å²) in [6.45, 7) is 0. The van der Waals surface area contributed by atoms with E-state index in [-0.39, 0.29) is 0 Å². The zero-order valence-electron chi connectivity index (χ0n) is 26.7. The van der Waals surface area contributed by atoms with E-state index in [4.69, 9.17) is 20.3 Å². The van der Waals surface area contributed by atoms with Crippen molar-refractivity contribution in [3.05, 3.63) is 0 Å². The molecule has 6 fully saturated rings. The van der Waals surface area contributed by atoms with Crippen LogP contribution in [0.15, 0.2) is 0 Å². The molecule has 0 heterocycles. The normalized spacial score (nSPS) is 27.3. The predicted octanol–water partition coefficient (Wildman–Crippen LogP) is 14.3. The first-order valence-corrected chi connectivity index (χ1v) is 24.7. The van der Waals surface area contributed by atoms with Gasteiger partial charge in [-0.3, -0.25) is 0 Å². The van der Waals surface area contributed by atoms with Crippen LogP contribution in [-0.4, -0.2) is 34.0 Å². The van der Waals surface area contributed by atoms with Gasteiger partial charge in [0.05, 0.1) is 0 Å². The van der Waals surface area contributed by atoms with Crippen LogP contribution in [0, 0.1) is 0 Å². The van der Waals surface area contributed by atoms with Crippen molar-refractivity contribution in [3.8, 4) is 0 Å². The summed E-state index contributed by atoms with van der Waals surface area (Å²) in [5.41, 5.74) is 7.14. The number of hydrogen-bond donors (Lipinski definition) is 0. The molecule has 0 unspecified atom stereocenters. The SMILES string of the molecule is C1CCC(P(C2CCCCC2)C2CCCCC2)CC1.C1CCC(P(C2CCCCC2)C2CCCCC2)CC1.[Cl][Co][Cl]. The summed E-state index contributed by atoms with van der Waals surface area (Å²) in [7, 11) is 10.2. The minimum absolute atomic E-state index is 0.382. The molecular weight excluding hydrogens is 624 g/mol. The van der Waals surface area contributed by atoms with Crippen molar-refractivity contribution in [2.45, 2.75) is 227 Å². The summed E-state index contributed by atoms with van der Waals surface area (Å²) < 4.78 is 0. The van der Waals surface area contributed by atoms with Gasteiger partial charge in [-0.25, -0.2) is 0 Å². The van der Waals surface area contributed by atoms with Crippen LogP contribution in [0.3, 0.4) is 0 Å². The third-order valence-corrected chi connectivity index (χ3v) is 20.1. The number of halogens is 2. The average molecular weight is 691 g/mol. The summed E-state index contributed by atoms with van der Waals surface area (Å²) in [6.07, 6.45) is 47.2. The Kier molecular flexibility index (Phi) is 18.9. The maximum absolute atomic E-state index is 4.73. The second-order valence-corrected chi connectivity index (χ2v) is 22.6. The zero-order valence-corrected chi connectivity index (χ0v) is 31.0. The topological polar surface area (TPSA) is 0 Å². The Hall–Kier alpha value is 1.95. The molecule has 0 bridgehead atoms. The fourth-order valence-electron chi connectivity index (χ4n) is 10.1. The first-order valence-electron chi connectivity index (χ1n) is 18.7. The Balaban J connectivity index is 0.000000173. The van der Waals surface area contributed by atoms with Gasteiger partial charge in [-0.05, 0) is 111 Å². The Morgan fingerprint density at radius 1 is 0.268 bits per heavy atom. The molecule has 5 heteroatoms. The molecule has 6 rings (SSSR count). The van der Waals surface area contributed by atoms with Gasteiger partial charge in [-0.1, -0.05) is 131 Å². The summed E-state index contributed by atoms with van der Waals surface area (Å²) in [4.78, 5) is 0. The van der Waals surface area contributed by atoms with Crippen LogP contribution in [0.2, 0.25) is 0 Å². The van der Waals surface area contributed by atoms with E-state index in [9.17, 15) is 0 Å². The minimum atomic E-state index is 0.382. The van der Waals surface area contributed by atoms with Crippen LogP contribution < -0.4 is 0 Å². The average Bonchev–Trinajstić information content (AvgIpc) is 3.05. The van der Waals surface area contributed by atoms with Gasteiger partial charge in [-0.2, -0.15) is 0 Å². The van der Waals surface area contributed by atoms with Gasteiger partial charge in [0.15, 0.2) is 0 Å². The first kappa shape index (κ1) is 35.8. The van der Waals surface area contributed by atoms with Crippen molar-refractivity contribution < 1.29 is 12.9 Å². The fraction of sp³-hybridized carbons (Fsp3) is 1.00. The Morgan fingerprint density at radius 2 is 0.390 bits per heavy atom. The van der Waals surface area contributed by atoms with Crippen molar-refractivity contribution in [1.82, 2.24) is 0 Å². The quantitative estimate of drug-likeness (QED) is 0.243.